The van der Waals surface area contributed by atoms with Crippen molar-refractivity contribution in [1.82, 2.24) is 10.0 Å². The Balaban J connectivity index is 2.48. The third-order valence-electron chi connectivity index (χ3n) is 2.40. The van der Waals surface area contributed by atoms with Crippen LogP contribution >= 0.6 is 0 Å². The molecule has 5 nitrogen and oxygen atoms in total. The van der Waals surface area contributed by atoms with E-state index in [1.54, 1.807) is 6.92 Å². The molecule has 18 heavy (non-hydrogen) atoms. The lowest BCUT2D eigenvalue weighted by molar-refractivity contribution is 0.447. The first-order valence-corrected chi connectivity index (χ1v) is 7.35. The van der Waals surface area contributed by atoms with Crippen molar-refractivity contribution in [2.24, 2.45) is 0 Å². The van der Waals surface area contributed by atoms with Gasteiger partial charge in [0.25, 0.3) is 0 Å². The maximum atomic E-state index is 12.8. The van der Waals surface area contributed by atoms with E-state index in [0.29, 0.717) is 12.1 Å². The van der Waals surface area contributed by atoms with E-state index in [2.05, 4.69) is 10.0 Å². The molecule has 0 aromatic heterocycles. The van der Waals surface area contributed by atoms with E-state index in [1.807, 2.05) is 0 Å². The largest absolute Gasteiger partial charge is 0.508 e. The van der Waals surface area contributed by atoms with Crippen molar-refractivity contribution in [1.29, 1.82) is 0 Å². The molecule has 102 valence electrons. The molecule has 0 amide bonds. The zero-order valence-electron chi connectivity index (χ0n) is 10.3. The van der Waals surface area contributed by atoms with E-state index >= 15 is 0 Å². The molecule has 1 aromatic rings. The lowest BCUT2D eigenvalue weighted by atomic mass is 10.1. The number of halogens is 1. The molecule has 0 heterocycles. The Hall–Kier alpha value is -1.18. The monoisotopic (exact) mass is 276 g/mol. The second kappa shape index (κ2) is 6.12. The van der Waals surface area contributed by atoms with Gasteiger partial charge < -0.3 is 10.4 Å². The molecule has 1 rings (SSSR count). The fraction of sp³-hybridized carbons (Fsp3) is 0.455. The fourth-order valence-corrected chi connectivity index (χ4v) is 1.99. The molecule has 0 aliphatic heterocycles. The van der Waals surface area contributed by atoms with E-state index in [1.165, 1.54) is 12.1 Å². The van der Waals surface area contributed by atoms with Crippen LogP contribution in [0.25, 0.3) is 0 Å². The van der Waals surface area contributed by atoms with Gasteiger partial charge in [0.15, 0.2) is 0 Å². The number of hydrogen-bond donors (Lipinski definition) is 3. The minimum Gasteiger partial charge on any atom is -0.508 e. The highest BCUT2D eigenvalue weighted by atomic mass is 32.2. The molecule has 1 aromatic carbocycles. The van der Waals surface area contributed by atoms with Gasteiger partial charge in [0, 0.05) is 30.8 Å². The summed E-state index contributed by atoms with van der Waals surface area (Å²) >= 11 is 0. The summed E-state index contributed by atoms with van der Waals surface area (Å²) in [6.07, 6.45) is 1.09. The van der Waals surface area contributed by atoms with Crippen molar-refractivity contribution >= 4 is 10.0 Å². The second-order valence-corrected chi connectivity index (χ2v) is 5.88. The van der Waals surface area contributed by atoms with Gasteiger partial charge in [0.05, 0.1) is 6.26 Å². The third-order valence-corrected chi connectivity index (χ3v) is 3.13. The van der Waals surface area contributed by atoms with Crippen molar-refractivity contribution in [3.8, 4) is 5.75 Å². The first kappa shape index (κ1) is 14.9. The van der Waals surface area contributed by atoms with Gasteiger partial charge >= 0.3 is 0 Å². The number of aromatic hydroxyl groups is 1. The van der Waals surface area contributed by atoms with Gasteiger partial charge in [-0.1, -0.05) is 6.07 Å². The van der Waals surface area contributed by atoms with Gasteiger partial charge in [-0.25, -0.2) is 17.5 Å². The molecule has 0 bridgehead atoms. The molecule has 7 heteroatoms. The Morgan fingerprint density at radius 2 is 2.06 bits per heavy atom. The summed E-state index contributed by atoms with van der Waals surface area (Å²) in [5, 5.41) is 12.6. The molecule has 1 unspecified atom stereocenters. The van der Waals surface area contributed by atoms with Crippen LogP contribution in [0.5, 0.6) is 5.75 Å². The lowest BCUT2D eigenvalue weighted by Crippen LogP contribution is -2.32. The van der Waals surface area contributed by atoms with Gasteiger partial charge in [-0.2, -0.15) is 0 Å². The van der Waals surface area contributed by atoms with Crippen LogP contribution < -0.4 is 10.0 Å². The van der Waals surface area contributed by atoms with Crippen molar-refractivity contribution < 1.29 is 17.9 Å². The summed E-state index contributed by atoms with van der Waals surface area (Å²) in [5.41, 5.74) is 0.566. The number of rotatable bonds is 6. The van der Waals surface area contributed by atoms with Crippen LogP contribution in [0.15, 0.2) is 18.2 Å². The molecule has 0 saturated heterocycles. The van der Waals surface area contributed by atoms with Crippen molar-refractivity contribution in [3.05, 3.63) is 29.6 Å². The Kier molecular flexibility index (Phi) is 5.06. The van der Waals surface area contributed by atoms with Crippen LogP contribution in [-0.2, 0) is 10.0 Å². The van der Waals surface area contributed by atoms with E-state index in [4.69, 9.17) is 0 Å². The number of phenols is 1. The number of sulfonamides is 1. The predicted octanol–water partition coefficient (Wildman–Crippen LogP) is 0.731. The normalized spacial score (nSPS) is 13.5. The Morgan fingerprint density at radius 3 is 2.61 bits per heavy atom. The molecule has 0 saturated carbocycles. The van der Waals surface area contributed by atoms with Crippen LogP contribution in [0.4, 0.5) is 4.39 Å². The van der Waals surface area contributed by atoms with Gasteiger partial charge in [-0.05, 0) is 13.0 Å². The first-order valence-electron chi connectivity index (χ1n) is 5.46. The maximum Gasteiger partial charge on any atom is 0.208 e. The van der Waals surface area contributed by atoms with Gasteiger partial charge in [-0.15, -0.1) is 0 Å². The van der Waals surface area contributed by atoms with Gasteiger partial charge in [0.2, 0.25) is 10.0 Å². The summed E-state index contributed by atoms with van der Waals surface area (Å²) in [4.78, 5) is 0. The summed E-state index contributed by atoms with van der Waals surface area (Å²) < 4.78 is 36.8. The molecular formula is C11H17FN2O3S. The Bertz CT molecular complexity index is 505. The topological polar surface area (TPSA) is 78.4 Å². The lowest BCUT2D eigenvalue weighted by Gasteiger charge is -2.15. The molecule has 0 fully saturated rings. The van der Waals surface area contributed by atoms with E-state index in [-0.39, 0.29) is 18.3 Å². The van der Waals surface area contributed by atoms with Crippen molar-refractivity contribution in [2.45, 2.75) is 13.0 Å². The zero-order valence-corrected chi connectivity index (χ0v) is 11.1. The number of phenolic OH excluding ortho intramolecular Hbond substituents is 1. The second-order valence-electron chi connectivity index (χ2n) is 4.05. The van der Waals surface area contributed by atoms with Crippen molar-refractivity contribution in [3.63, 3.8) is 0 Å². The van der Waals surface area contributed by atoms with Crippen LogP contribution in [0.3, 0.4) is 0 Å². The smallest absolute Gasteiger partial charge is 0.208 e. The minimum atomic E-state index is -3.19. The Labute approximate surface area is 106 Å². The van der Waals surface area contributed by atoms with E-state index in [0.717, 1.165) is 12.3 Å². The van der Waals surface area contributed by atoms with E-state index in [9.17, 15) is 17.9 Å². The molecule has 0 spiro atoms. The molecule has 0 aliphatic carbocycles. The average molecular weight is 276 g/mol. The van der Waals surface area contributed by atoms with Crippen molar-refractivity contribution in [2.75, 3.05) is 19.3 Å². The maximum absolute atomic E-state index is 12.8. The number of nitrogens with one attached hydrogen (secondary N) is 2. The minimum absolute atomic E-state index is 0.119. The molecular weight excluding hydrogens is 259 g/mol. The summed E-state index contributed by atoms with van der Waals surface area (Å²) in [7, 11) is -3.19. The predicted molar refractivity (Wildman–Crippen MR) is 67.3 cm³/mol. The molecule has 0 radical (unpaired) electrons. The van der Waals surface area contributed by atoms with Crippen LogP contribution in [0.1, 0.15) is 18.5 Å². The average Bonchev–Trinajstić information content (AvgIpc) is 2.22. The molecule has 0 aliphatic rings. The zero-order chi connectivity index (χ0) is 13.8. The number of benzene rings is 1. The van der Waals surface area contributed by atoms with Crippen LogP contribution in [-0.4, -0.2) is 32.9 Å². The standard InChI is InChI=1S/C11H17FN2O3S/c1-8(13-5-6-14-18(2,16)17)10-4-3-9(12)7-11(10)15/h3-4,7-8,13-15H,5-6H2,1-2H3. The fourth-order valence-electron chi connectivity index (χ4n) is 1.52. The molecule has 3 N–H and O–H groups in total. The highest BCUT2D eigenvalue weighted by Gasteiger charge is 2.10. The SMILES string of the molecule is CC(NCCNS(C)(=O)=O)c1ccc(F)cc1O. The molecule has 1 atom stereocenters. The quantitative estimate of drug-likeness (QED) is 0.669. The van der Waals surface area contributed by atoms with Crippen LogP contribution in [0, 0.1) is 5.82 Å². The van der Waals surface area contributed by atoms with Crippen LogP contribution in [0.2, 0.25) is 0 Å². The summed E-state index contributed by atoms with van der Waals surface area (Å²) in [5.74, 6) is -0.617. The highest BCUT2D eigenvalue weighted by Crippen LogP contribution is 2.24. The number of hydrogen-bond acceptors (Lipinski definition) is 4. The summed E-state index contributed by atoms with van der Waals surface area (Å²) in [6, 6.07) is 3.60. The first-order chi connectivity index (χ1) is 8.29. The van der Waals surface area contributed by atoms with E-state index < -0.39 is 15.8 Å². The Morgan fingerprint density at radius 1 is 1.39 bits per heavy atom. The third kappa shape index (κ3) is 4.99. The van der Waals surface area contributed by atoms with Gasteiger partial charge in [0.1, 0.15) is 11.6 Å². The van der Waals surface area contributed by atoms with Gasteiger partial charge in [-0.3, -0.25) is 0 Å². The summed E-state index contributed by atoms with van der Waals surface area (Å²) in [6.45, 7) is 2.46. The highest BCUT2D eigenvalue weighted by molar-refractivity contribution is 7.88.